The molecule has 7 nitrogen and oxygen atoms in total. The summed E-state index contributed by atoms with van der Waals surface area (Å²) in [5.41, 5.74) is 0.745. The number of rotatable bonds is 2. The zero-order valence-electron chi connectivity index (χ0n) is 12.2. The van der Waals surface area contributed by atoms with Gasteiger partial charge >= 0.3 is 5.97 Å². The summed E-state index contributed by atoms with van der Waals surface area (Å²) in [6.07, 6.45) is 3.53. The van der Waals surface area contributed by atoms with Crippen molar-refractivity contribution < 1.29 is 17.9 Å². The lowest BCUT2D eigenvalue weighted by Gasteiger charge is -2.37. The fraction of sp³-hybridized carbons (Fsp3) is 0.333. The molecule has 0 amide bonds. The van der Waals surface area contributed by atoms with Gasteiger partial charge in [-0.15, -0.1) is 0 Å². The Kier molecular flexibility index (Phi) is 3.07. The van der Waals surface area contributed by atoms with Crippen molar-refractivity contribution in [2.75, 3.05) is 13.1 Å². The number of benzene rings is 1. The molecule has 0 unspecified atom stereocenters. The van der Waals surface area contributed by atoms with Crippen LogP contribution in [0.2, 0.25) is 0 Å². The summed E-state index contributed by atoms with van der Waals surface area (Å²) < 4.78 is 32.1. The van der Waals surface area contributed by atoms with Crippen LogP contribution in [0, 0.1) is 0 Å². The van der Waals surface area contributed by atoms with Crippen LogP contribution in [0.25, 0.3) is 0 Å². The van der Waals surface area contributed by atoms with Gasteiger partial charge in [-0.3, -0.25) is 0 Å². The Morgan fingerprint density at radius 1 is 1.22 bits per heavy atom. The molecular formula is C15H15N3O4S. The van der Waals surface area contributed by atoms with E-state index < -0.39 is 15.6 Å². The highest BCUT2D eigenvalue weighted by atomic mass is 32.2. The molecule has 1 N–H and O–H groups in total. The SMILES string of the molecule is O=C1OC2(CCN(S(=O)(=O)c3cnc[nH]3)CC2)c2ccccc21. The summed E-state index contributed by atoms with van der Waals surface area (Å²) in [7, 11) is -3.58. The quantitative estimate of drug-likeness (QED) is 0.835. The van der Waals surface area contributed by atoms with Gasteiger partial charge in [0.25, 0.3) is 10.0 Å². The first-order valence-electron chi connectivity index (χ1n) is 7.34. The van der Waals surface area contributed by atoms with Gasteiger partial charge in [0.2, 0.25) is 0 Å². The largest absolute Gasteiger partial charge is 0.450 e. The molecule has 0 atom stereocenters. The van der Waals surface area contributed by atoms with Crippen LogP contribution in [0.4, 0.5) is 0 Å². The Hall–Kier alpha value is -2.19. The van der Waals surface area contributed by atoms with Crippen molar-refractivity contribution in [1.29, 1.82) is 0 Å². The zero-order valence-corrected chi connectivity index (χ0v) is 13.0. The van der Waals surface area contributed by atoms with E-state index in [1.165, 1.54) is 16.8 Å². The highest BCUT2D eigenvalue weighted by molar-refractivity contribution is 7.89. The maximum atomic E-state index is 12.5. The number of imidazole rings is 1. The normalized spacial score (nSPS) is 20.4. The molecule has 8 heteroatoms. The van der Waals surface area contributed by atoms with Crippen molar-refractivity contribution in [2.45, 2.75) is 23.5 Å². The maximum absolute atomic E-state index is 12.5. The van der Waals surface area contributed by atoms with Crippen LogP contribution in [0.5, 0.6) is 0 Å². The Morgan fingerprint density at radius 3 is 2.65 bits per heavy atom. The van der Waals surface area contributed by atoms with Gasteiger partial charge in [0.1, 0.15) is 5.60 Å². The number of ether oxygens (including phenoxy) is 1. The minimum absolute atomic E-state index is 0.0808. The van der Waals surface area contributed by atoms with E-state index in [1.54, 1.807) is 12.1 Å². The van der Waals surface area contributed by atoms with Gasteiger partial charge in [0.05, 0.1) is 18.1 Å². The van der Waals surface area contributed by atoms with Gasteiger partial charge in [0, 0.05) is 31.5 Å². The molecule has 120 valence electrons. The number of aromatic amines is 1. The lowest BCUT2D eigenvalue weighted by Crippen LogP contribution is -2.45. The Labute approximate surface area is 133 Å². The molecule has 1 aromatic carbocycles. The van der Waals surface area contributed by atoms with Crippen LogP contribution >= 0.6 is 0 Å². The number of sulfonamides is 1. The van der Waals surface area contributed by atoms with E-state index in [-0.39, 0.29) is 11.0 Å². The molecule has 0 aliphatic carbocycles. The second kappa shape index (κ2) is 4.90. The zero-order chi connectivity index (χ0) is 16.1. The van der Waals surface area contributed by atoms with Crippen LogP contribution in [-0.2, 0) is 20.4 Å². The van der Waals surface area contributed by atoms with Crippen molar-refractivity contribution in [1.82, 2.24) is 14.3 Å². The van der Waals surface area contributed by atoms with Gasteiger partial charge in [-0.1, -0.05) is 18.2 Å². The van der Waals surface area contributed by atoms with E-state index in [2.05, 4.69) is 9.97 Å². The summed E-state index contributed by atoms with van der Waals surface area (Å²) >= 11 is 0. The van der Waals surface area contributed by atoms with Crippen LogP contribution in [0.1, 0.15) is 28.8 Å². The highest BCUT2D eigenvalue weighted by Crippen LogP contribution is 2.44. The number of aromatic nitrogens is 2. The molecule has 2 aliphatic heterocycles. The van der Waals surface area contributed by atoms with Crippen molar-refractivity contribution in [3.8, 4) is 0 Å². The number of nitrogens with one attached hydrogen (secondary N) is 1. The fourth-order valence-corrected chi connectivity index (χ4v) is 4.67. The molecule has 1 spiro atoms. The molecule has 1 fully saturated rings. The fourth-order valence-electron chi connectivity index (χ4n) is 3.33. The van der Waals surface area contributed by atoms with E-state index in [0.717, 1.165) is 5.56 Å². The van der Waals surface area contributed by atoms with E-state index in [4.69, 9.17) is 4.74 Å². The van der Waals surface area contributed by atoms with Crippen LogP contribution in [0.3, 0.4) is 0 Å². The molecule has 0 bridgehead atoms. The predicted molar refractivity (Wildman–Crippen MR) is 80.1 cm³/mol. The Morgan fingerprint density at radius 2 is 1.96 bits per heavy atom. The summed E-state index contributed by atoms with van der Waals surface area (Å²) in [5, 5.41) is 0.0808. The molecule has 2 aromatic rings. The van der Waals surface area contributed by atoms with Gasteiger partial charge in [-0.2, -0.15) is 4.31 Å². The van der Waals surface area contributed by atoms with E-state index in [9.17, 15) is 13.2 Å². The number of hydrogen-bond acceptors (Lipinski definition) is 5. The minimum atomic E-state index is -3.58. The summed E-state index contributed by atoms with van der Waals surface area (Å²) in [6, 6.07) is 7.31. The topological polar surface area (TPSA) is 92.4 Å². The standard InChI is InChI=1S/C15H15N3O4S/c19-14-11-3-1-2-4-12(11)15(22-14)5-7-18(8-6-15)23(20,21)13-9-16-10-17-13/h1-4,9-10H,5-8H2,(H,16,17). The third kappa shape index (κ3) is 2.09. The van der Waals surface area contributed by atoms with Crippen molar-refractivity contribution >= 4 is 16.0 Å². The first-order valence-corrected chi connectivity index (χ1v) is 8.78. The molecule has 2 aliphatic rings. The molecular weight excluding hydrogens is 318 g/mol. The number of H-pyrrole nitrogens is 1. The first-order chi connectivity index (χ1) is 11.0. The van der Waals surface area contributed by atoms with Crippen molar-refractivity contribution in [3.05, 3.63) is 47.9 Å². The van der Waals surface area contributed by atoms with Crippen LogP contribution in [0.15, 0.2) is 41.8 Å². The third-order valence-corrected chi connectivity index (χ3v) is 6.37. The number of piperidine rings is 1. The first kappa shape index (κ1) is 14.4. The highest BCUT2D eigenvalue weighted by Gasteiger charge is 2.48. The number of carbonyl (C=O) groups excluding carboxylic acids is 1. The van der Waals surface area contributed by atoms with Gasteiger partial charge in [0.15, 0.2) is 5.03 Å². The monoisotopic (exact) mass is 333 g/mol. The van der Waals surface area contributed by atoms with Gasteiger partial charge in [-0.05, 0) is 6.07 Å². The summed E-state index contributed by atoms with van der Waals surface area (Å²) in [6.45, 7) is 0.589. The number of fused-ring (bicyclic) bond motifs is 2. The van der Waals surface area contributed by atoms with E-state index in [0.29, 0.717) is 31.5 Å². The van der Waals surface area contributed by atoms with Crippen LogP contribution in [-0.4, -0.2) is 41.7 Å². The number of nitrogens with zero attached hydrogens (tertiary/aromatic N) is 2. The molecule has 1 saturated heterocycles. The van der Waals surface area contributed by atoms with Gasteiger partial charge < -0.3 is 9.72 Å². The van der Waals surface area contributed by atoms with Crippen molar-refractivity contribution in [2.24, 2.45) is 0 Å². The van der Waals surface area contributed by atoms with E-state index >= 15 is 0 Å². The average molecular weight is 333 g/mol. The third-order valence-electron chi connectivity index (χ3n) is 4.55. The predicted octanol–water partition coefficient (Wildman–Crippen LogP) is 1.26. The number of hydrogen-bond donors (Lipinski definition) is 1. The molecule has 1 aromatic heterocycles. The lowest BCUT2D eigenvalue weighted by molar-refractivity contribution is -0.0329. The second-order valence-corrected chi connectivity index (χ2v) is 7.66. The smallest absolute Gasteiger partial charge is 0.339 e. The minimum Gasteiger partial charge on any atom is -0.450 e. The molecule has 3 heterocycles. The van der Waals surface area contributed by atoms with Crippen molar-refractivity contribution in [3.63, 3.8) is 0 Å². The Bertz CT molecular complexity index is 853. The maximum Gasteiger partial charge on any atom is 0.339 e. The molecule has 0 radical (unpaired) electrons. The second-order valence-electron chi connectivity index (χ2n) is 5.75. The lowest BCUT2D eigenvalue weighted by atomic mass is 9.84. The van der Waals surface area contributed by atoms with Gasteiger partial charge in [-0.25, -0.2) is 18.2 Å². The number of carbonyl (C=O) groups is 1. The molecule has 4 rings (SSSR count). The van der Waals surface area contributed by atoms with E-state index in [1.807, 2.05) is 12.1 Å². The Balaban J connectivity index is 1.60. The van der Waals surface area contributed by atoms with Crippen LogP contribution < -0.4 is 0 Å². The summed E-state index contributed by atoms with van der Waals surface area (Å²) in [4.78, 5) is 18.4. The molecule has 23 heavy (non-hydrogen) atoms. The summed E-state index contributed by atoms with van der Waals surface area (Å²) in [5.74, 6) is -0.328. The molecule has 0 saturated carbocycles. The average Bonchev–Trinajstić information content (AvgIpc) is 3.18. The number of esters is 1.